The number of carboxylic acids is 1. The Bertz CT molecular complexity index is 512. The lowest BCUT2D eigenvalue weighted by atomic mass is 10.2. The molecule has 0 spiro atoms. The maximum absolute atomic E-state index is 12.5. The second-order valence-electron chi connectivity index (χ2n) is 5.53. The SMILES string of the molecule is CCN1CCCC1CN(C)C(=O)c1cccn1CC(=O)O. The number of nitrogens with zero attached hydrogens (tertiary/aromatic N) is 3. The Balaban J connectivity index is 2.02. The molecule has 1 aliphatic heterocycles. The summed E-state index contributed by atoms with van der Waals surface area (Å²) in [7, 11) is 1.78. The highest BCUT2D eigenvalue weighted by atomic mass is 16.4. The number of rotatable bonds is 6. The van der Waals surface area contributed by atoms with Gasteiger partial charge in [0.25, 0.3) is 5.91 Å². The molecule has 6 heteroatoms. The van der Waals surface area contributed by atoms with E-state index in [4.69, 9.17) is 5.11 Å². The predicted molar refractivity (Wildman–Crippen MR) is 79.3 cm³/mol. The van der Waals surface area contributed by atoms with Crippen LogP contribution in [0.3, 0.4) is 0 Å². The quantitative estimate of drug-likeness (QED) is 0.854. The van der Waals surface area contributed by atoms with Gasteiger partial charge < -0.3 is 14.6 Å². The van der Waals surface area contributed by atoms with Crippen molar-refractivity contribution in [1.29, 1.82) is 0 Å². The summed E-state index contributed by atoms with van der Waals surface area (Å²) in [6, 6.07) is 3.79. The molecule has 2 rings (SSSR count). The smallest absolute Gasteiger partial charge is 0.323 e. The molecule has 1 aromatic heterocycles. The molecule has 1 unspecified atom stereocenters. The van der Waals surface area contributed by atoms with Crippen LogP contribution in [0.15, 0.2) is 18.3 Å². The molecule has 1 saturated heterocycles. The van der Waals surface area contributed by atoms with E-state index in [9.17, 15) is 9.59 Å². The van der Waals surface area contributed by atoms with E-state index >= 15 is 0 Å². The van der Waals surface area contributed by atoms with E-state index < -0.39 is 5.97 Å². The molecule has 2 heterocycles. The molecule has 116 valence electrons. The molecule has 0 bridgehead atoms. The minimum absolute atomic E-state index is 0.121. The highest BCUT2D eigenvalue weighted by Gasteiger charge is 2.26. The predicted octanol–water partition coefficient (Wildman–Crippen LogP) is 1.13. The molecular formula is C15H23N3O3. The van der Waals surface area contributed by atoms with Crippen LogP contribution in [-0.4, -0.2) is 64.1 Å². The van der Waals surface area contributed by atoms with E-state index in [1.807, 2.05) is 0 Å². The Morgan fingerprint density at radius 1 is 1.48 bits per heavy atom. The zero-order chi connectivity index (χ0) is 15.4. The Kier molecular flexibility index (Phi) is 5.01. The number of carboxylic acid groups (broad SMARTS) is 1. The molecule has 1 N–H and O–H groups in total. The van der Waals surface area contributed by atoms with Crippen LogP contribution >= 0.6 is 0 Å². The summed E-state index contributed by atoms with van der Waals surface area (Å²) in [6.45, 7) is 4.73. The number of likely N-dealkylation sites (N-methyl/N-ethyl adjacent to an activating group) is 2. The molecule has 1 atom stereocenters. The van der Waals surface area contributed by atoms with Gasteiger partial charge in [-0.3, -0.25) is 14.5 Å². The first-order chi connectivity index (χ1) is 10.0. The fraction of sp³-hybridized carbons (Fsp3) is 0.600. The fourth-order valence-corrected chi connectivity index (χ4v) is 3.00. The van der Waals surface area contributed by atoms with Crippen molar-refractivity contribution in [3.8, 4) is 0 Å². The van der Waals surface area contributed by atoms with Crippen LogP contribution in [0.5, 0.6) is 0 Å². The molecule has 0 radical (unpaired) electrons. The normalized spacial score (nSPS) is 18.9. The van der Waals surface area contributed by atoms with Crippen LogP contribution in [-0.2, 0) is 11.3 Å². The van der Waals surface area contributed by atoms with Gasteiger partial charge in [0, 0.05) is 25.8 Å². The Labute approximate surface area is 124 Å². The van der Waals surface area contributed by atoms with Crippen molar-refractivity contribution in [2.24, 2.45) is 0 Å². The molecule has 21 heavy (non-hydrogen) atoms. The number of carbonyl (C=O) groups is 2. The van der Waals surface area contributed by atoms with Gasteiger partial charge in [0.1, 0.15) is 12.2 Å². The summed E-state index contributed by atoms with van der Waals surface area (Å²) < 4.78 is 1.48. The van der Waals surface area contributed by atoms with E-state index in [0.717, 1.165) is 19.5 Å². The van der Waals surface area contributed by atoms with E-state index in [2.05, 4.69) is 11.8 Å². The first-order valence-corrected chi connectivity index (χ1v) is 7.39. The number of likely N-dealkylation sites (tertiary alicyclic amines) is 1. The number of hydrogen-bond acceptors (Lipinski definition) is 3. The van der Waals surface area contributed by atoms with Crippen LogP contribution in [0.2, 0.25) is 0 Å². The van der Waals surface area contributed by atoms with E-state index in [-0.39, 0.29) is 12.5 Å². The van der Waals surface area contributed by atoms with Crippen molar-refractivity contribution in [2.45, 2.75) is 32.4 Å². The third-order valence-electron chi connectivity index (χ3n) is 4.09. The Morgan fingerprint density at radius 3 is 2.90 bits per heavy atom. The van der Waals surface area contributed by atoms with Crippen molar-refractivity contribution in [1.82, 2.24) is 14.4 Å². The van der Waals surface area contributed by atoms with Crippen LogP contribution < -0.4 is 0 Å². The zero-order valence-electron chi connectivity index (χ0n) is 12.7. The zero-order valence-corrected chi connectivity index (χ0v) is 12.7. The molecule has 0 saturated carbocycles. The van der Waals surface area contributed by atoms with Crippen LogP contribution in [0.1, 0.15) is 30.3 Å². The first kappa shape index (κ1) is 15.6. The van der Waals surface area contributed by atoms with E-state index in [1.165, 1.54) is 11.0 Å². The molecule has 6 nitrogen and oxygen atoms in total. The summed E-state index contributed by atoms with van der Waals surface area (Å²) in [6.07, 6.45) is 3.92. The Morgan fingerprint density at radius 2 is 2.24 bits per heavy atom. The van der Waals surface area contributed by atoms with Gasteiger partial charge in [-0.2, -0.15) is 0 Å². The molecule has 0 aliphatic carbocycles. The van der Waals surface area contributed by atoms with Crippen LogP contribution in [0.25, 0.3) is 0 Å². The summed E-state index contributed by atoms with van der Waals surface area (Å²) in [4.78, 5) is 27.4. The van der Waals surface area contributed by atoms with Crippen LogP contribution in [0.4, 0.5) is 0 Å². The average molecular weight is 293 g/mol. The lowest BCUT2D eigenvalue weighted by molar-refractivity contribution is -0.137. The highest BCUT2D eigenvalue weighted by Crippen LogP contribution is 2.18. The summed E-state index contributed by atoms with van der Waals surface area (Å²) in [5.74, 6) is -1.07. The highest BCUT2D eigenvalue weighted by molar-refractivity contribution is 5.93. The third-order valence-corrected chi connectivity index (χ3v) is 4.09. The van der Waals surface area contributed by atoms with Gasteiger partial charge in [0.05, 0.1) is 0 Å². The fourth-order valence-electron chi connectivity index (χ4n) is 3.00. The van der Waals surface area contributed by atoms with Gasteiger partial charge in [-0.05, 0) is 38.1 Å². The van der Waals surface area contributed by atoms with Crippen molar-refractivity contribution >= 4 is 11.9 Å². The topological polar surface area (TPSA) is 65.8 Å². The van der Waals surface area contributed by atoms with Crippen molar-refractivity contribution < 1.29 is 14.7 Å². The maximum atomic E-state index is 12.5. The summed E-state index contributed by atoms with van der Waals surface area (Å²) in [5, 5.41) is 8.87. The first-order valence-electron chi connectivity index (χ1n) is 7.39. The minimum Gasteiger partial charge on any atom is -0.480 e. The maximum Gasteiger partial charge on any atom is 0.323 e. The minimum atomic E-state index is -0.948. The van der Waals surface area contributed by atoms with Crippen molar-refractivity contribution in [2.75, 3.05) is 26.7 Å². The largest absolute Gasteiger partial charge is 0.480 e. The number of aromatic nitrogens is 1. The van der Waals surface area contributed by atoms with Gasteiger partial charge in [-0.1, -0.05) is 6.92 Å². The van der Waals surface area contributed by atoms with E-state index in [0.29, 0.717) is 18.3 Å². The summed E-state index contributed by atoms with van der Waals surface area (Å²) in [5.41, 5.74) is 0.431. The van der Waals surface area contributed by atoms with Crippen molar-refractivity contribution in [3.63, 3.8) is 0 Å². The second-order valence-corrected chi connectivity index (χ2v) is 5.53. The average Bonchev–Trinajstić information content (AvgIpc) is 3.06. The van der Waals surface area contributed by atoms with Gasteiger partial charge in [0.15, 0.2) is 0 Å². The lowest BCUT2D eigenvalue weighted by Crippen LogP contribution is -2.41. The van der Waals surface area contributed by atoms with E-state index in [1.54, 1.807) is 30.3 Å². The van der Waals surface area contributed by atoms with Crippen molar-refractivity contribution in [3.05, 3.63) is 24.0 Å². The number of aliphatic carboxylic acids is 1. The number of amides is 1. The number of carbonyl (C=O) groups excluding carboxylic acids is 1. The van der Waals surface area contributed by atoms with Gasteiger partial charge in [-0.25, -0.2) is 0 Å². The van der Waals surface area contributed by atoms with Gasteiger partial charge in [-0.15, -0.1) is 0 Å². The standard InChI is InChI=1S/C15H23N3O3/c1-3-17-8-4-6-12(17)10-16(2)15(21)13-7-5-9-18(13)11-14(19)20/h5,7,9,12H,3-4,6,8,10-11H2,1-2H3,(H,19,20). The van der Waals surface area contributed by atoms with Gasteiger partial charge in [0.2, 0.25) is 0 Å². The van der Waals surface area contributed by atoms with Gasteiger partial charge >= 0.3 is 5.97 Å². The Hall–Kier alpha value is -1.82. The molecular weight excluding hydrogens is 270 g/mol. The van der Waals surface area contributed by atoms with Crippen LogP contribution in [0, 0.1) is 0 Å². The number of hydrogen-bond donors (Lipinski definition) is 1. The molecule has 1 amide bonds. The summed E-state index contributed by atoms with van der Waals surface area (Å²) >= 11 is 0. The second kappa shape index (κ2) is 6.76. The molecule has 1 fully saturated rings. The monoisotopic (exact) mass is 293 g/mol. The molecule has 1 aliphatic rings. The lowest BCUT2D eigenvalue weighted by Gasteiger charge is -2.28. The molecule has 0 aromatic carbocycles. The third kappa shape index (κ3) is 3.64. The molecule has 1 aromatic rings.